The van der Waals surface area contributed by atoms with E-state index in [1.807, 2.05) is 0 Å². The van der Waals surface area contributed by atoms with Crippen LogP contribution in [-0.2, 0) is 14.1 Å². The lowest BCUT2D eigenvalue weighted by atomic mass is 9.95. The van der Waals surface area contributed by atoms with Crippen LogP contribution in [0.5, 0.6) is 17.2 Å². The summed E-state index contributed by atoms with van der Waals surface area (Å²) < 4.78 is 18.5. The van der Waals surface area contributed by atoms with Crippen LogP contribution in [0.3, 0.4) is 0 Å². The number of hydrogen-bond acceptors (Lipinski definition) is 9. The molecule has 0 aliphatic heterocycles. The second-order valence-electron chi connectivity index (χ2n) is 7.76. The third-order valence-corrected chi connectivity index (χ3v) is 5.72. The Labute approximate surface area is 204 Å². The van der Waals surface area contributed by atoms with Crippen LogP contribution in [0.2, 0.25) is 0 Å². The van der Waals surface area contributed by atoms with Gasteiger partial charge in [-0.1, -0.05) is 0 Å². The summed E-state index contributed by atoms with van der Waals surface area (Å²) in [7, 11) is 7.15. The Bertz CT molecular complexity index is 1590. The third-order valence-electron chi connectivity index (χ3n) is 5.72. The highest BCUT2D eigenvalue weighted by Gasteiger charge is 2.27. The molecule has 4 aromatic rings. The second kappa shape index (κ2) is 9.41. The maximum absolute atomic E-state index is 13.5. The van der Waals surface area contributed by atoms with Crippen LogP contribution in [-0.4, -0.2) is 46.3 Å². The molecular formula is C24H24N6O6. The highest BCUT2D eigenvalue weighted by Crippen LogP contribution is 2.43. The number of aromatic nitrogens is 4. The van der Waals surface area contributed by atoms with Crippen molar-refractivity contribution < 1.29 is 19.0 Å². The zero-order valence-electron chi connectivity index (χ0n) is 20.3. The van der Waals surface area contributed by atoms with E-state index in [4.69, 9.17) is 19.9 Å². The van der Waals surface area contributed by atoms with Crippen LogP contribution < -0.4 is 36.5 Å². The predicted molar refractivity (Wildman–Crippen MR) is 134 cm³/mol. The summed E-state index contributed by atoms with van der Waals surface area (Å²) in [6.45, 7) is 0. The number of nitrogens with two attached hydrogens (primary N) is 1. The van der Waals surface area contributed by atoms with Gasteiger partial charge < -0.3 is 25.3 Å². The smallest absolute Gasteiger partial charge is 0.332 e. The summed E-state index contributed by atoms with van der Waals surface area (Å²) in [5.41, 5.74) is 5.89. The van der Waals surface area contributed by atoms with Crippen molar-refractivity contribution >= 4 is 28.4 Å². The zero-order valence-corrected chi connectivity index (χ0v) is 20.3. The number of nitrogens with zero attached hydrogens (tertiary/aromatic N) is 4. The number of amides is 1. The number of aryl methyl sites for hydroxylation is 1. The molecule has 186 valence electrons. The molecular weight excluding hydrogens is 468 g/mol. The van der Waals surface area contributed by atoms with E-state index in [2.05, 4.69) is 15.3 Å². The number of rotatable bonds is 6. The summed E-state index contributed by atoms with van der Waals surface area (Å²) in [5, 5.41) is 2.74. The number of carbonyl (C=O) groups is 1. The number of carbonyl (C=O) groups excluding carboxylic acids is 1. The molecule has 0 saturated carbocycles. The molecule has 3 heterocycles. The van der Waals surface area contributed by atoms with E-state index in [9.17, 15) is 14.4 Å². The summed E-state index contributed by atoms with van der Waals surface area (Å²) in [6.07, 6.45) is 3.03. The van der Waals surface area contributed by atoms with Crippen molar-refractivity contribution in [3.05, 3.63) is 63.1 Å². The van der Waals surface area contributed by atoms with Crippen LogP contribution in [0, 0.1) is 0 Å². The highest BCUT2D eigenvalue weighted by atomic mass is 16.5. The molecule has 0 aliphatic carbocycles. The van der Waals surface area contributed by atoms with Crippen molar-refractivity contribution in [2.75, 3.05) is 32.4 Å². The Hall–Kier alpha value is -4.87. The standard InChI is InChI=1S/C24H24N6O6/c1-29-21-18(23(32)30(2)24(29)33)16(12-9-14(34-3)19(36-5)15(10-12)35-4)17(20(25)28-21)22(31)27-13-7-6-8-26-11-13/h6-11H,1-5H3,(H2,25,28)(H,27,31). The van der Waals surface area contributed by atoms with Crippen LogP contribution in [0.25, 0.3) is 22.2 Å². The van der Waals surface area contributed by atoms with Crippen LogP contribution >= 0.6 is 0 Å². The number of nitrogens with one attached hydrogen (secondary N) is 1. The van der Waals surface area contributed by atoms with Gasteiger partial charge in [-0.25, -0.2) is 9.78 Å². The summed E-state index contributed by atoms with van der Waals surface area (Å²) in [6, 6.07) is 6.47. The lowest BCUT2D eigenvalue weighted by molar-refractivity contribution is 0.102. The van der Waals surface area contributed by atoms with Crippen molar-refractivity contribution in [3.8, 4) is 28.4 Å². The molecule has 36 heavy (non-hydrogen) atoms. The fraction of sp³-hybridized carbons (Fsp3) is 0.208. The number of pyridine rings is 2. The Morgan fingerprint density at radius 3 is 2.25 bits per heavy atom. The number of methoxy groups -OCH3 is 3. The summed E-state index contributed by atoms with van der Waals surface area (Å²) in [5.74, 6) is 0.0773. The van der Waals surface area contributed by atoms with Gasteiger partial charge in [0, 0.05) is 25.9 Å². The van der Waals surface area contributed by atoms with Gasteiger partial charge in [-0.05, 0) is 29.8 Å². The van der Waals surface area contributed by atoms with E-state index in [0.29, 0.717) is 17.0 Å². The van der Waals surface area contributed by atoms with Crippen molar-refractivity contribution in [1.82, 2.24) is 19.1 Å². The topological polar surface area (TPSA) is 153 Å². The molecule has 3 aromatic heterocycles. The van der Waals surface area contributed by atoms with Crippen molar-refractivity contribution in [3.63, 3.8) is 0 Å². The van der Waals surface area contributed by atoms with E-state index in [1.165, 1.54) is 46.2 Å². The maximum atomic E-state index is 13.5. The normalized spacial score (nSPS) is 10.8. The molecule has 1 amide bonds. The van der Waals surface area contributed by atoms with Gasteiger partial charge in [0.1, 0.15) is 5.82 Å². The molecule has 0 unspecified atom stereocenters. The molecule has 1 aromatic carbocycles. The minimum Gasteiger partial charge on any atom is -0.493 e. The summed E-state index contributed by atoms with van der Waals surface area (Å²) in [4.78, 5) is 47.8. The van der Waals surface area contributed by atoms with Crippen molar-refractivity contribution in [1.29, 1.82) is 0 Å². The predicted octanol–water partition coefficient (Wildman–Crippen LogP) is 1.55. The molecule has 0 aliphatic rings. The molecule has 0 bridgehead atoms. The number of hydrogen-bond donors (Lipinski definition) is 2. The minimum absolute atomic E-state index is 0.0133. The van der Waals surface area contributed by atoms with Crippen LogP contribution in [0.4, 0.5) is 11.5 Å². The first-order chi connectivity index (χ1) is 17.2. The van der Waals surface area contributed by atoms with Crippen molar-refractivity contribution in [2.24, 2.45) is 14.1 Å². The quantitative estimate of drug-likeness (QED) is 0.408. The van der Waals surface area contributed by atoms with Gasteiger partial charge in [0.05, 0.1) is 44.2 Å². The number of ether oxygens (including phenoxy) is 3. The lowest BCUT2D eigenvalue weighted by Gasteiger charge is -2.19. The zero-order chi connectivity index (χ0) is 26.1. The Morgan fingerprint density at radius 2 is 1.69 bits per heavy atom. The maximum Gasteiger partial charge on any atom is 0.332 e. The van der Waals surface area contributed by atoms with Gasteiger partial charge in [-0.3, -0.25) is 23.7 Å². The Balaban J connectivity index is 2.16. The fourth-order valence-corrected chi connectivity index (χ4v) is 3.98. The second-order valence-corrected chi connectivity index (χ2v) is 7.76. The van der Waals surface area contributed by atoms with E-state index in [1.54, 1.807) is 30.5 Å². The Morgan fingerprint density at radius 1 is 1.03 bits per heavy atom. The third kappa shape index (κ3) is 3.87. The van der Waals surface area contributed by atoms with Gasteiger partial charge in [0.25, 0.3) is 11.5 Å². The van der Waals surface area contributed by atoms with E-state index in [-0.39, 0.29) is 39.5 Å². The molecule has 4 rings (SSSR count). The van der Waals surface area contributed by atoms with Crippen LogP contribution in [0.1, 0.15) is 10.4 Å². The molecule has 12 nitrogen and oxygen atoms in total. The SMILES string of the molecule is COc1cc(-c2c(C(=O)Nc3cccnc3)c(N)nc3c2c(=O)n(C)c(=O)n3C)cc(OC)c1OC. The number of anilines is 2. The molecule has 3 N–H and O–H groups in total. The average Bonchev–Trinajstić information content (AvgIpc) is 2.89. The van der Waals surface area contributed by atoms with Crippen LogP contribution in [0.15, 0.2) is 46.2 Å². The first-order valence-corrected chi connectivity index (χ1v) is 10.6. The fourth-order valence-electron chi connectivity index (χ4n) is 3.98. The van der Waals surface area contributed by atoms with Gasteiger partial charge >= 0.3 is 5.69 Å². The molecule has 0 atom stereocenters. The first kappa shape index (κ1) is 24.3. The van der Waals surface area contributed by atoms with Gasteiger partial charge in [-0.2, -0.15) is 0 Å². The largest absolute Gasteiger partial charge is 0.493 e. The molecule has 0 saturated heterocycles. The number of fused-ring (bicyclic) bond motifs is 1. The molecule has 0 fully saturated rings. The average molecular weight is 492 g/mol. The first-order valence-electron chi connectivity index (χ1n) is 10.6. The number of nitrogen functional groups attached to an aromatic ring is 1. The molecule has 12 heteroatoms. The summed E-state index contributed by atoms with van der Waals surface area (Å²) >= 11 is 0. The van der Waals surface area contributed by atoms with E-state index in [0.717, 1.165) is 4.57 Å². The van der Waals surface area contributed by atoms with Crippen molar-refractivity contribution in [2.45, 2.75) is 0 Å². The van der Waals surface area contributed by atoms with E-state index < -0.39 is 17.2 Å². The Kier molecular flexibility index (Phi) is 6.34. The van der Waals surface area contributed by atoms with Gasteiger partial charge in [0.15, 0.2) is 17.1 Å². The minimum atomic E-state index is -0.653. The molecule has 0 radical (unpaired) electrons. The molecule has 0 spiro atoms. The lowest BCUT2D eigenvalue weighted by Crippen LogP contribution is -2.38. The van der Waals surface area contributed by atoms with Gasteiger partial charge in [-0.15, -0.1) is 0 Å². The van der Waals surface area contributed by atoms with Gasteiger partial charge in [0.2, 0.25) is 5.75 Å². The monoisotopic (exact) mass is 492 g/mol. The van der Waals surface area contributed by atoms with E-state index >= 15 is 0 Å². The highest BCUT2D eigenvalue weighted by molar-refractivity contribution is 6.16. The number of benzene rings is 1.